The van der Waals surface area contributed by atoms with E-state index in [-0.39, 0.29) is 17.2 Å². The zero-order valence-corrected chi connectivity index (χ0v) is 20.2. The second-order valence-electron chi connectivity index (χ2n) is 9.25. The molecule has 0 atom stereocenters. The van der Waals surface area contributed by atoms with Crippen molar-refractivity contribution in [2.24, 2.45) is 0 Å². The molecule has 0 saturated heterocycles. The molecule has 1 aliphatic heterocycles. The van der Waals surface area contributed by atoms with Gasteiger partial charge >= 0.3 is 5.69 Å². The number of aromatic nitrogens is 1. The average Bonchev–Trinajstić information content (AvgIpc) is 3.25. The molecule has 1 aliphatic carbocycles. The van der Waals surface area contributed by atoms with Crippen molar-refractivity contribution in [2.45, 2.75) is 51.6 Å². The van der Waals surface area contributed by atoms with Gasteiger partial charge in [-0.2, -0.15) is 0 Å². The molecule has 2 aromatic carbocycles. The fourth-order valence-electron chi connectivity index (χ4n) is 5.16. The number of ether oxygens (including phenoxy) is 2. The topological polar surface area (TPSA) is 77.7 Å². The molecule has 0 N–H and O–H groups in total. The SMILES string of the molecule is COc1ccc(COc2c3c(nc(N4CCc5ccccc5CC4)c2[N+](=O)[O-])CCCCC3)cc1. The van der Waals surface area contributed by atoms with Crippen molar-refractivity contribution in [3.8, 4) is 11.5 Å². The number of aryl methyl sites for hydroxylation is 1. The molecule has 2 heterocycles. The van der Waals surface area contributed by atoms with Gasteiger partial charge in [0, 0.05) is 18.7 Å². The lowest BCUT2D eigenvalue weighted by Crippen LogP contribution is -2.28. The Labute approximate surface area is 205 Å². The maximum atomic E-state index is 12.5. The van der Waals surface area contributed by atoms with Crippen LogP contribution in [-0.4, -0.2) is 30.1 Å². The van der Waals surface area contributed by atoms with E-state index in [0.29, 0.717) is 24.7 Å². The average molecular weight is 474 g/mol. The fourth-order valence-corrected chi connectivity index (χ4v) is 5.16. The number of methoxy groups -OCH3 is 1. The molecule has 7 heteroatoms. The van der Waals surface area contributed by atoms with Gasteiger partial charge in [-0.1, -0.05) is 42.8 Å². The molecule has 3 aromatic rings. The van der Waals surface area contributed by atoms with Crippen LogP contribution in [0.1, 0.15) is 47.2 Å². The zero-order chi connectivity index (χ0) is 24.2. The molecule has 182 valence electrons. The summed E-state index contributed by atoms with van der Waals surface area (Å²) in [4.78, 5) is 19.2. The van der Waals surface area contributed by atoms with E-state index in [0.717, 1.165) is 67.5 Å². The lowest BCUT2D eigenvalue weighted by atomic mass is 10.0. The number of nitrogens with zero attached hydrogens (tertiary/aromatic N) is 3. The minimum atomic E-state index is -0.297. The molecule has 0 radical (unpaired) electrons. The molecule has 5 rings (SSSR count). The highest BCUT2D eigenvalue weighted by Crippen LogP contribution is 2.43. The summed E-state index contributed by atoms with van der Waals surface area (Å²) >= 11 is 0. The van der Waals surface area contributed by atoms with Crippen molar-refractivity contribution in [2.75, 3.05) is 25.1 Å². The largest absolute Gasteiger partial charge is 0.497 e. The van der Waals surface area contributed by atoms with Crippen LogP contribution in [0.4, 0.5) is 11.5 Å². The van der Waals surface area contributed by atoms with Gasteiger partial charge in [0.25, 0.3) is 0 Å². The first-order chi connectivity index (χ1) is 17.1. The van der Waals surface area contributed by atoms with E-state index in [4.69, 9.17) is 14.5 Å². The summed E-state index contributed by atoms with van der Waals surface area (Å²) in [7, 11) is 1.63. The van der Waals surface area contributed by atoms with Crippen molar-refractivity contribution < 1.29 is 14.4 Å². The van der Waals surface area contributed by atoms with Gasteiger partial charge in [-0.15, -0.1) is 0 Å². The number of pyridine rings is 1. The summed E-state index contributed by atoms with van der Waals surface area (Å²) < 4.78 is 11.5. The normalized spacial score (nSPS) is 15.4. The summed E-state index contributed by atoms with van der Waals surface area (Å²) in [5, 5.41) is 12.5. The predicted octanol–water partition coefficient (Wildman–Crippen LogP) is 5.45. The Kier molecular flexibility index (Phi) is 6.84. The Morgan fingerprint density at radius 1 is 0.943 bits per heavy atom. The van der Waals surface area contributed by atoms with Gasteiger partial charge in [0.05, 0.1) is 17.7 Å². The molecule has 0 unspecified atom stereocenters. The third-order valence-corrected chi connectivity index (χ3v) is 7.08. The number of benzene rings is 2. The number of rotatable bonds is 6. The van der Waals surface area contributed by atoms with Crippen molar-refractivity contribution in [3.05, 3.63) is 86.6 Å². The van der Waals surface area contributed by atoms with E-state index >= 15 is 0 Å². The molecule has 35 heavy (non-hydrogen) atoms. The standard InChI is InChI=1S/C28H31N3O4/c1-34-23-13-11-20(12-14-23)19-35-27-24-9-3-2-4-10-25(24)29-28(26(27)31(32)33)30-17-15-21-7-5-6-8-22(21)16-18-30/h5-8,11-14H,2-4,9-10,15-19H2,1H3. The Balaban J connectivity index is 1.53. The van der Waals surface area contributed by atoms with Crippen LogP contribution in [0.3, 0.4) is 0 Å². The quantitative estimate of drug-likeness (QED) is 0.269. The summed E-state index contributed by atoms with van der Waals surface area (Å²) in [5.41, 5.74) is 5.42. The van der Waals surface area contributed by atoms with Crippen LogP contribution < -0.4 is 14.4 Å². The summed E-state index contributed by atoms with van der Waals surface area (Å²) in [6.07, 6.45) is 6.39. The molecule has 1 aromatic heterocycles. The molecule has 2 aliphatic rings. The van der Waals surface area contributed by atoms with Crippen LogP contribution in [0.15, 0.2) is 48.5 Å². The van der Waals surface area contributed by atoms with Crippen LogP contribution in [0.5, 0.6) is 11.5 Å². The van der Waals surface area contributed by atoms with Crippen LogP contribution in [0.25, 0.3) is 0 Å². The van der Waals surface area contributed by atoms with Crippen molar-refractivity contribution in [1.29, 1.82) is 0 Å². The lowest BCUT2D eigenvalue weighted by Gasteiger charge is -2.24. The summed E-state index contributed by atoms with van der Waals surface area (Å²) in [6, 6.07) is 16.0. The van der Waals surface area contributed by atoms with Crippen molar-refractivity contribution >= 4 is 11.5 Å². The molecule has 7 nitrogen and oxygen atoms in total. The fraction of sp³-hybridized carbons (Fsp3) is 0.393. The second-order valence-corrected chi connectivity index (χ2v) is 9.25. The van der Waals surface area contributed by atoms with Gasteiger partial charge in [-0.25, -0.2) is 4.98 Å². The van der Waals surface area contributed by atoms with Crippen molar-refractivity contribution in [1.82, 2.24) is 4.98 Å². The number of anilines is 1. The van der Waals surface area contributed by atoms with Crippen LogP contribution in [0, 0.1) is 10.1 Å². The highest BCUT2D eigenvalue weighted by atomic mass is 16.6. The second kappa shape index (κ2) is 10.3. The number of hydrogen-bond acceptors (Lipinski definition) is 6. The van der Waals surface area contributed by atoms with Gasteiger partial charge in [-0.05, 0) is 67.3 Å². The van der Waals surface area contributed by atoms with Crippen LogP contribution in [0.2, 0.25) is 0 Å². The van der Waals surface area contributed by atoms with Crippen LogP contribution in [-0.2, 0) is 32.3 Å². The molecule has 0 spiro atoms. The third-order valence-electron chi connectivity index (χ3n) is 7.08. The lowest BCUT2D eigenvalue weighted by molar-refractivity contribution is -0.385. The Morgan fingerprint density at radius 2 is 1.63 bits per heavy atom. The number of fused-ring (bicyclic) bond motifs is 2. The first-order valence-corrected chi connectivity index (χ1v) is 12.4. The molecular weight excluding hydrogens is 442 g/mol. The van der Waals surface area contributed by atoms with Gasteiger partial charge in [-0.3, -0.25) is 10.1 Å². The van der Waals surface area contributed by atoms with Gasteiger partial charge in [0.15, 0.2) is 0 Å². The highest BCUT2D eigenvalue weighted by molar-refractivity contribution is 5.69. The highest BCUT2D eigenvalue weighted by Gasteiger charge is 2.33. The summed E-state index contributed by atoms with van der Waals surface area (Å²) in [5.74, 6) is 1.62. The molecular formula is C28H31N3O4. The Hall–Kier alpha value is -3.61. The van der Waals surface area contributed by atoms with E-state index in [1.807, 2.05) is 24.3 Å². The van der Waals surface area contributed by atoms with Crippen molar-refractivity contribution in [3.63, 3.8) is 0 Å². The van der Waals surface area contributed by atoms with Gasteiger partial charge in [0.1, 0.15) is 12.4 Å². The monoisotopic (exact) mass is 473 g/mol. The number of hydrogen-bond donors (Lipinski definition) is 0. The van der Waals surface area contributed by atoms with E-state index < -0.39 is 0 Å². The minimum absolute atomic E-state index is 0.00474. The maximum absolute atomic E-state index is 12.5. The van der Waals surface area contributed by atoms with Crippen LogP contribution >= 0.6 is 0 Å². The van der Waals surface area contributed by atoms with E-state index in [9.17, 15) is 10.1 Å². The first kappa shape index (κ1) is 23.1. The summed E-state index contributed by atoms with van der Waals surface area (Å²) in [6.45, 7) is 1.65. The van der Waals surface area contributed by atoms with E-state index in [2.05, 4.69) is 29.2 Å². The third kappa shape index (κ3) is 4.94. The maximum Gasteiger partial charge on any atom is 0.353 e. The van der Waals surface area contributed by atoms with Gasteiger partial charge < -0.3 is 14.4 Å². The first-order valence-electron chi connectivity index (χ1n) is 12.4. The molecule has 0 saturated carbocycles. The van der Waals surface area contributed by atoms with E-state index in [1.165, 1.54) is 11.1 Å². The number of nitro groups is 1. The molecule has 0 bridgehead atoms. The Bertz CT molecular complexity index is 1180. The van der Waals surface area contributed by atoms with E-state index in [1.54, 1.807) is 7.11 Å². The predicted molar refractivity (Wildman–Crippen MR) is 136 cm³/mol. The Morgan fingerprint density at radius 3 is 2.29 bits per heavy atom. The molecule has 0 fully saturated rings. The smallest absolute Gasteiger partial charge is 0.353 e. The minimum Gasteiger partial charge on any atom is -0.497 e. The molecule has 0 amide bonds. The zero-order valence-electron chi connectivity index (χ0n) is 20.2. The van der Waals surface area contributed by atoms with Gasteiger partial charge in [0.2, 0.25) is 11.6 Å².